The fraction of sp³-hybridized carbons (Fsp3) is 0.538. The maximum atomic E-state index is 13.8. The van der Waals surface area contributed by atoms with E-state index in [9.17, 15) is 8.78 Å². The van der Waals surface area contributed by atoms with E-state index in [0.29, 0.717) is 0 Å². The summed E-state index contributed by atoms with van der Waals surface area (Å²) < 4.78 is 27.0. The van der Waals surface area contributed by atoms with Gasteiger partial charge in [-0.3, -0.25) is 9.80 Å². The number of fused-ring (bicyclic) bond motifs is 3. The number of nitrogens with two attached hydrogens (primary N) is 1. The SMILES string of the molecule is NC(c1cccc(F)c1F)C1CN2CCN1CC2. The second-order valence-electron chi connectivity index (χ2n) is 5.07. The topological polar surface area (TPSA) is 32.5 Å². The number of nitrogens with zero attached hydrogens (tertiary/aromatic N) is 2. The van der Waals surface area contributed by atoms with Crippen molar-refractivity contribution in [1.29, 1.82) is 0 Å². The third-order valence-electron chi connectivity index (χ3n) is 4.08. The first-order valence-electron chi connectivity index (χ1n) is 6.32. The quantitative estimate of drug-likeness (QED) is 0.852. The fourth-order valence-electron chi connectivity index (χ4n) is 2.98. The summed E-state index contributed by atoms with van der Waals surface area (Å²) in [4.78, 5) is 4.62. The molecule has 4 rings (SSSR count). The van der Waals surface area contributed by atoms with Crippen LogP contribution in [0.3, 0.4) is 0 Å². The summed E-state index contributed by atoms with van der Waals surface area (Å²) in [7, 11) is 0. The molecule has 1 aromatic rings. The Morgan fingerprint density at radius 2 is 1.89 bits per heavy atom. The molecule has 0 aliphatic carbocycles. The molecule has 0 spiro atoms. The van der Waals surface area contributed by atoms with Gasteiger partial charge in [0.05, 0.1) is 0 Å². The molecule has 0 amide bonds. The van der Waals surface area contributed by atoms with Crippen molar-refractivity contribution in [3.63, 3.8) is 0 Å². The Kier molecular flexibility index (Phi) is 3.05. The third kappa shape index (κ3) is 1.92. The van der Waals surface area contributed by atoms with E-state index in [1.807, 2.05) is 0 Å². The summed E-state index contributed by atoms with van der Waals surface area (Å²) >= 11 is 0. The van der Waals surface area contributed by atoms with Gasteiger partial charge in [-0.2, -0.15) is 0 Å². The van der Waals surface area contributed by atoms with Crippen LogP contribution in [0.4, 0.5) is 8.78 Å². The van der Waals surface area contributed by atoms with E-state index in [4.69, 9.17) is 5.73 Å². The van der Waals surface area contributed by atoms with E-state index in [1.54, 1.807) is 6.07 Å². The summed E-state index contributed by atoms with van der Waals surface area (Å²) in [5.74, 6) is -1.62. The Morgan fingerprint density at radius 1 is 1.17 bits per heavy atom. The molecule has 0 radical (unpaired) electrons. The highest BCUT2D eigenvalue weighted by atomic mass is 19.2. The van der Waals surface area contributed by atoms with Crippen LogP contribution < -0.4 is 5.73 Å². The van der Waals surface area contributed by atoms with Crippen molar-refractivity contribution in [3.8, 4) is 0 Å². The lowest BCUT2D eigenvalue weighted by atomic mass is 9.94. The molecule has 18 heavy (non-hydrogen) atoms. The van der Waals surface area contributed by atoms with Crippen LogP contribution in [0.5, 0.6) is 0 Å². The number of rotatable bonds is 2. The van der Waals surface area contributed by atoms with Crippen molar-refractivity contribution in [3.05, 3.63) is 35.4 Å². The molecule has 1 aromatic carbocycles. The molecule has 5 heteroatoms. The molecule has 0 aromatic heterocycles. The van der Waals surface area contributed by atoms with Gasteiger partial charge in [0.25, 0.3) is 0 Å². The average Bonchev–Trinajstić information content (AvgIpc) is 2.42. The monoisotopic (exact) mass is 253 g/mol. The Bertz CT molecular complexity index is 444. The van der Waals surface area contributed by atoms with E-state index in [2.05, 4.69) is 9.80 Å². The number of hydrogen-bond donors (Lipinski definition) is 1. The first-order valence-corrected chi connectivity index (χ1v) is 6.32. The molecule has 2 unspecified atom stereocenters. The van der Waals surface area contributed by atoms with Crippen LogP contribution in [0.1, 0.15) is 11.6 Å². The van der Waals surface area contributed by atoms with Gasteiger partial charge < -0.3 is 5.73 Å². The van der Waals surface area contributed by atoms with Gasteiger partial charge >= 0.3 is 0 Å². The minimum Gasteiger partial charge on any atom is -0.323 e. The van der Waals surface area contributed by atoms with Crippen LogP contribution >= 0.6 is 0 Å². The van der Waals surface area contributed by atoms with Crippen LogP contribution in [0.2, 0.25) is 0 Å². The molecule has 3 fully saturated rings. The van der Waals surface area contributed by atoms with E-state index in [0.717, 1.165) is 38.8 Å². The van der Waals surface area contributed by atoms with Crippen LogP contribution in [-0.4, -0.2) is 48.6 Å². The number of piperazine rings is 3. The highest BCUT2D eigenvalue weighted by molar-refractivity contribution is 5.24. The summed E-state index contributed by atoms with van der Waals surface area (Å²) in [5.41, 5.74) is 6.44. The van der Waals surface area contributed by atoms with E-state index < -0.39 is 17.7 Å². The summed E-state index contributed by atoms with van der Waals surface area (Å²) in [6.45, 7) is 4.88. The average molecular weight is 253 g/mol. The van der Waals surface area contributed by atoms with Crippen LogP contribution in [0.15, 0.2) is 18.2 Å². The first kappa shape index (κ1) is 12.0. The lowest BCUT2D eigenvalue weighted by molar-refractivity contribution is 0.00164. The Labute approximate surface area is 105 Å². The summed E-state index contributed by atoms with van der Waals surface area (Å²) in [6.07, 6.45) is 0. The molecule has 98 valence electrons. The molecule has 3 aliphatic rings. The van der Waals surface area contributed by atoms with Crippen LogP contribution in [0, 0.1) is 11.6 Å². The van der Waals surface area contributed by atoms with Gasteiger partial charge in [0.1, 0.15) is 0 Å². The van der Waals surface area contributed by atoms with Gasteiger partial charge in [-0.1, -0.05) is 12.1 Å². The molecule has 3 heterocycles. The number of benzene rings is 1. The zero-order valence-corrected chi connectivity index (χ0v) is 10.1. The predicted octanol–water partition coefficient (Wildman–Crippen LogP) is 0.964. The van der Waals surface area contributed by atoms with Gasteiger partial charge in [0.15, 0.2) is 11.6 Å². The third-order valence-corrected chi connectivity index (χ3v) is 4.08. The standard InChI is InChI=1S/C13H17F2N3/c14-10-3-1-2-9(12(10)15)13(16)11-8-17-4-6-18(11)7-5-17/h1-3,11,13H,4-8,16H2. The Balaban J connectivity index is 1.86. The van der Waals surface area contributed by atoms with E-state index in [-0.39, 0.29) is 11.6 Å². The first-order chi connectivity index (χ1) is 8.66. The van der Waals surface area contributed by atoms with Crippen molar-refractivity contribution >= 4 is 0 Å². The van der Waals surface area contributed by atoms with Crippen molar-refractivity contribution in [1.82, 2.24) is 9.80 Å². The molecule has 3 nitrogen and oxygen atoms in total. The van der Waals surface area contributed by atoms with Gasteiger partial charge in [-0.25, -0.2) is 8.78 Å². The zero-order chi connectivity index (χ0) is 12.7. The molecular formula is C13H17F2N3. The maximum Gasteiger partial charge on any atom is 0.163 e. The fourth-order valence-corrected chi connectivity index (χ4v) is 2.98. The van der Waals surface area contributed by atoms with Gasteiger partial charge in [-0.05, 0) is 6.07 Å². The number of hydrogen-bond acceptors (Lipinski definition) is 3. The van der Waals surface area contributed by atoms with Crippen LogP contribution in [-0.2, 0) is 0 Å². The number of halogens is 2. The lowest BCUT2D eigenvalue weighted by Crippen LogP contribution is -2.63. The Hall–Kier alpha value is -1.04. The van der Waals surface area contributed by atoms with Crippen molar-refractivity contribution in [2.75, 3.05) is 32.7 Å². The summed E-state index contributed by atoms with van der Waals surface area (Å²) in [6, 6.07) is 3.85. The van der Waals surface area contributed by atoms with Gasteiger partial charge in [0.2, 0.25) is 0 Å². The smallest absolute Gasteiger partial charge is 0.163 e. The largest absolute Gasteiger partial charge is 0.323 e. The van der Waals surface area contributed by atoms with Crippen LogP contribution in [0.25, 0.3) is 0 Å². The normalized spacial score (nSPS) is 32.5. The molecule has 2 atom stereocenters. The molecule has 3 aliphatic heterocycles. The summed E-state index contributed by atoms with van der Waals surface area (Å²) in [5, 5.41) is 0. The van der Waals surface area contributed by atoms with Crippen molar-refractivity contribution < 1.29 is 8.78 Å². The Morgan fingerprint density at radius 3 is 2.50 bits per heavy atom. The van der Waals surface area contributed by atoms with E-state index >= 15 is 0 Å². The van der Waals surface area contributed by atoms with Crippen molar-refractivity contribution in [2.45, 2.75) is 12.1 Å². The molecular weight excluding hydrogens is 236 g/mol. The maximum absolute atomic E-state index is 13.8. The molecule has 0 saturated carbocycles. The second-order valence-corrected chi connectivity index (χ2v) is 5.07. The molecule has 2 bridgehead atoms. The minimum absolute atomic E-state index is 0.0869. The zero-order valence-electron chi connectivity index (χ0n) is 10.1. The highest BCUT2D eigenvalue weighted by Gasteiger charge is 2.36. The van der Waals surface area contributed by atoms with Gasteiger partial charge in [-0.15, -0.1) is 0 Å². The molecule has 3 saturated heterocycles. The predicted molar refractivity (Wildman–Crippen MR) is 65.1 cm³/mol. The van der Waals surface area contributed by atoms with Crippen molar-refractivity contribution in [2.24, 2.45) is 5.73 Å². The highest BCUT2D eigenvalue weighted by Crippen LogP contribution is 2.27. The second kappa shape index (κ2) is 4.57. The van der Waals surface area contributed by atoms with E-state index in [1.165, 1.54) is 6.07 Å². The minimum atomic E-state index is -0.820. The van der Waals surface area contributed by atoms with Gasteiger partial charge in [0, 0.05) is 50.4 Å². The molecule has 2 N–H and O–H groups in total. The lowest BCUT2D eigenvalue weighted by Gasteiger charge is -2.49.